The number of aryl methyl sites for hydroxylation is 2. The predicted molar refractivity (Wildman–Crippen MR) is 98.7 cm³/mol. The average molecular weight is 354 g/mol. The molecule has 126 valence electrons. The average Bonchev–Trinajstić information content (AvgIpc) is 2.58. The third-order valence-electron chi connectivity index (χ3n) is 3.70. The molecule has 0 unspecified atom stereocenters. The maximum absolute atomic E-state index is 12.5. The lowest BCUT2D eigenvalue weighted by Gasteiger charge is -2.12. The highest BCUT2D eigenvalue weighted by atomic mass is 35.5. The fourth-order valence-electron chi connectivity index (χ4n) is 2.44. The minimum absolute atomic E-state index is 0.189. The zero-order valence-corrected chi connectivity index (χ0v) is 14.5. The lowest BCUT2D eigenvalue weighted by molar-refractivity contribution is 0.101. The highest BCUT2D eigenvalue weighted by molar-refractivity contribution is 6.34. The zero-order chi connectivity index (χ0) is 18.0. The quantitative estimate of drug-likeness (QED) is 0.779. The Kier molecular flexibility index (Phi) is 4.67. The lowest BCUT2D eigenvalue weighted by atomic mass is 10.2. The van der Waals surface area contributed by atoms with Gasteiger partial charge in [-0.15, -0.1) is 0 Å². The Labute approximate surface area is 149 Å². The number of nitrogens with zero attached hydrogens (tertiary/aromatic N) is 2. The van der Waals surface area contributed by atoms with Crippen LogP contribution >= 0.6 is 11.6 Å². The summed E-state index contributed by atoms with van der Waals surface area (Å²) in [4.78, 5) is 24.7. The number of halogens is 1. The Balaban J connectivity index is 1.99. The van der Waals surface area contributed by atoms with E-state index in [1.165, 1.54) is 6.07 Å². The summed E-state index contributed by atoms with van der Waals surface area (Å²) >= 11 is 6.13. The zero-order valence-electron chi connectivity index (χ0n) is 13.8. The van der Waals surface area contributed by atoms with Crippen LogP contribution < -0.4 is 10.7 Å². The molecule has 0 spiro atoms. The second kappa shape index (κ2) is 6.91. The number of carbonyl (C=O) groups is 1. The molecule has 0 fully saturated rings. The summed E-state index contributed by atoms with van der Waals surface area (Å²) in [5, 5.41) is 7.29. The van der Waals surface area contributed by atoms with E-state index < -0.39 is 11.3 Å². The Morgan fingerprint density at radius 1 is 1.08 bits per heavy atom. The fraction of sp³-hybridized carbons (Fsp3) is 0.105. The first-order valence-corrected chi connectivity index (χ1v) is 8.07. The smallest absolute Gasteiger partial charge is 0.280 e. The second-order valence-corrected chi connectivity index (χ2v) is 6.09. The van der Waals surface area contributed by atoms with Crippen molar-refractivity contribution in [2.45, 2.75) is 13.8 Å². The Morgan fingerprint density at radius 2 is 1.80 bits per heavy atom. The van der Waals surface area contributed by atoms with Crippen molar-refractivity contribution in [3.8, 4) is 5.69 Å². The number of amides is 1. The standard InChI is InChI=1S/C19H16ClN3O2/c1-12-8-9-16(15(20)10-12)21-19(25)18-17(24)11-13(2)23(22-18)14-6-4-3-5-7-14/h3-11H,1-2H3,(H,21,25). The van der Waals surface area contributed by atoms with Crippen molar-refractivity contribution >= 4 is 23.2 Å². The first-order chi connectivity index (χ1) is 12.0. The monoisotopic (exact) mass is 353 g/mol. The van der Waals surface area contributed by atoms with E-state index in [2.05, 4.69) is 10.4 Å². The van der Waals surface area contributed by atoms with Crippen LogP contribution in [0.4, 0.5) is 5.69 Å². The second-order valence-electron chi connectivity index (χ2n) is 5.68. The van der Waals surface area contributed by atoms with E-state index in [1.54, 1.807) is 23.7 Å². The van der Waals surface area contributed by atoms with Crippen LogP contribution in [0.3, 0.4) is 0 Å². The summed E-state index contributed by atoms with van der Waals surface area (Å²) in [6.07, 6.45) is 0. The van der Waals surface area contributed by atoms with Crippen molar-refractivity contribution in [3.05, 3.63) is 86.8 Å². The van der Waals surface area contributed by atoms with Crippen LogP contribution in [0.1, 0.15) is 21.7 Å². The molecular weight excluding hydrogens is 338 g/mol. The fourth-order valence-corrected chi connectivity index (χ4v) is 2.72. The molecule has 1 N–H and O–H groups in total. The molecule has 3 aromatic rings. The molecule has 0 bridgehead atoms. The number of rotatable bonds is 3. The Morgan fingerprint density at radius 3 is 2.48 bits per heavy atom. The maximum Gasteiger partial charge on any atom is 0.280 e. The summed E-state index contributed by atoms with van der Waals surface area (Å²) in [6.45, 7) is 3.66. The number of para-hydroxylation sites is 1. The van der Waals surface area contributed by atoms with Crippen molar-refractivity contribution in [1.82, 2.24) is 9.78 Å². The van der Waals surface area contributed by atoms with Gasteiger partial charge >= 0.3 is 0 Å². The van der Waals surface area contributed by atoms with Crippen LogP contribution in [0.2, 0.25) is 5.02 Å². The van der Waals surface area contributed by atoms with Gasteiger partial charge in [-0.05, 0) is 43.7 Å². The molecule has 25 heavy (non-hydrogen) atoms. The number of benzene rings is 2. The van der Waals surface area contributed by atoms with Crippen molar-refractivity contribution in [3.63, 3.8) is 0 Å². The summed E-state index contributed by atoms with van der Waals surface area (Å²) in [6, 6.07) is 16.0. The summed E-state index contributed by atoms with van der Waals surface area (Å²) < 4.78 is 1.56. The number of nitrogens with one attached hydrogen (secondary N) is 1. The van der Waals surface area contributed by atoms with Gasteiger partial charge in [-0.2, -0.15) is 5.10 Å². The molecule has 0 aliphatic heterocycles. The third-order valence-corrected chi connectivity index (χ3v) is 4.01. The van der Waals surface area contributed by atoms with Gasteiger partial charge in [-0.3, -0.25) is 9.59 Å². The molecule has 0 saturated heterocycles. The molecule has 1 aromatic heterocycles. The van der Waals surface area contributed by atoms with E-state index in [0.717, 1.165) is 11.3 Å². The Hall–Kier alpha value is -2.92. The minimum Gasteiger partial charge on any atom is -0.319 e. The number of anilines is 1. The molecule has 3 rings (SSSR count). The van der Waals surface area contributed by atoms with Crippen LogP contribution in [0.5, 0.6) is 0 Å². The van der Waals surface area contributed by atoms with E-state index >= 15 is 0 Å². The van der Waals surface area contributed by atoms with Gasteiger partial charge < -0.3 is 5.32 Å². The maximum atomic E-state index is 12.5. The molecule has 5 nitrogen and oxygen atoms in total. The van der Waals surface area contributed by atoms with E-state index in [1.807, 2.05) is 43.3 Å². The van der Waals surface area contributed by atoms with E-state index in [0.29, 0.717) is 16.4 Å². The Bertz CT molecular complexity index is 997. The molecular formula is C19H16ClN3O2. The molecule has 0 radical (unpaired) electrons. The van der Waals surface area contributed by atoms with Crippen molar-refractivity contribution in [2.75, 3.05) is 5.32 Å². The molecule has 0 aliphatic rings. The predicted octanol–water partition coefficient (Wildman–Crippen LogP) is 3.76. The number of aromatic nitrogens is 2. The lowest BCUT2D eigenvalue weighted by Crippen LogP contribution is -2.27. The van der Waals surface area contributed by atoms with Crippen molar-refractivity contribution in [2.24, 2.45) is 0 Å². The van der Waals surface area contributed by atoms with E-state index in [4.69, 9.17) is 11.6 Å². The number of carbonyl (C=O) groups excluding carboxylic acids is 1. The molecule has 1 heterocycles. The van der Waals surface area contributed by atoms with Gasteiger partial charge in [-0.1, -0.05) is 35.9 Å². The van der Waals surface area contributed by atoms with Gasteiger partial charge in [0.05, 0.1) is 16.4 Å². The van der Waals surface area contributed by atoms with Gasteiger partial charge in [0.2, 0.25) is 5.43 Å². The highest BCUT2D eigenvalue weighted by Gasteiger charge is 2.16. The van der Waals surface area contributed by atoms with Gasteiger partial charge in [0.15, 0.2) is 5.69 Å². The summed E-state index contributed by atoms with van der Waals surface area (Å²) in [7, 11) is 0. The number of hydrogen-bond acceptors (Lipinski definition) is 3. The van der Waals surface area contributed by atoms with Crippen LogP contribution in [-0.4, -0.2) is 15.7 Å². The molecule has 0 aliphatic carbocycles. The first kappa shape index (κ1) is 16.9. The third kappa shape index (κ3) is 3.61. The normalized spacial score (nSPS) is 10.5. The van der Waals surface area contributed by atoms with Gasteiger partial charge in [0, 0.05) is 11.8 Å². The summed E-state index contributed by atoms with van der Waals surface area (Å²) in [5.41, 5.74) is 2.19. The van der Waals surface area contributed by atoms with Gasteiger partial charge in [-0.25, -0.2) is 4.68 Å². The van der Waals surface area contributed by atoms with Crippen molar-refractivity contribution in [1.29, 1.82) is 0 Å². The van der Waals surface area contributed by atoms with Crippen LogP contribution in [0.25, 0.3) is 5.69 Å². The number of hydrogen-bond donors (Lipinski definition) is 1. The minimum atomic E-state index is -0.597. The van der Waals surface area contributed by atoms with Gasteiger partial charge in [0.25, 0.3) is 5.91 Å². The molecule has 1 amide bonds. The van der Waals surface area contributed by atoms with Crippen LogP contribution in [0, 0.1) is 13.8 Å². The molecule has 2 aromatic carbocycles. The van der Waals surface area contributed by atoms with Crippen LogP contribution in [-0.2, 0) is 0 Å². The largest absolute Gasteiger partial charge is 0.319 e. The summed E-state index contributed by atoms with van der Waals surface area (Å²) in [5.74, 6) is -0.597. The molecule has 0 atom stereocenters. The topological polar surface area (TPSA) is 64.0 Å². The van der Waals surface area contributed by atoms with Gasteiger partial charge in [0.1, 0.15) is 0 Å². The molecule has 6 heteroatoms. The van der Waals surface area contributed by atoms with Crippen LogP contribution in [0.15, 0.2) is 59.4 Å². The first-order valence-electron chi connectivity index (χ1n) is 7.69. The van der Waals surface area contributed by atoms with E-state index in [-0.39, 0.29) is 5.69 Å². The van der Waals surface area contributed by atoms with Crippen molar-refractivity contribution < 1.29 is 4.79 Å². The SMILES string of the molecule is Cc1ccc(NC(=O)c2nn(-c3ccccc3)c(C)cc2=O)c(Cl)c1. The molecule has 0 saturated carbocycles. The highest BCUT2D eigenvalue weighted by Crippen LogP contribution is 2.23. The van der Waals surface area contributed by atoms with E-state index in [9.17, 15) is 9.59 Å².